The third-order valence-corrected chi connectivity index (χ3v) is 4.99. The number of rotatable bonds is 2. The van der Waals surface area contributed by atoms with Gasteiger partial charge in [-0.2, -0.15) is 0 Å². The summed E-state index contributed by atoms with van der Waals surface area (Å²) in [5, 5.41) is 9.98. The fourth-order valence-electron chi connectivity index (χ4n) is 1.78. The predicted octanol–water partition coefficient (Wildman–Crippen LogP) is 5.10. The molecule has 2 aromatic rings. The zero-order valence-electron chi connectivity index (χ0n) is 10.6. The van der Waals surface area contributed by atoms with Crippen LogP contribution in [0.2, 0.25) is 0 Å². The highest BCUT2D eigenvalue weighted by Gasteiger charge is 2.14. The number of phenolic OH excluding ortho intramolecular Hbond substituents is 1. The van der Waals surface area contributed by atoms with Gasteiger partial charge in [-0.1, -0.05) is 12.1 Å². The molecule has 19 heavy (non-hydrogen) atoms. The molecule has 4 heteroatoms. The van der Waals surface area contributed by atoms with Crippen molar-refractivity contribution in [2.45, 2.75) is 13.8 Å². The van der Waals surface area contributed by atoms with E-state index in [1.165, 1.54) is 0 Å². The number of phenols is 1. The van der Waals surface area contributed by atoms with Crippen molar-refractivity contribution in [1.29, 1.82) is 0 Å². The van der Waals surface area contributed by atoms with E-state index in [9.17, 15) is 5.11 Å². The largest absolute Gasteiger partial charge is 0.507 e. The van der Waals surface area contributed by atoms with Crippen molar-refractivity contribution in [3.63, 3.8) is 0 Å². The van der Waals surface area contributed by atoms with Gasteiger partial charge in [0, 0.05) is 31.8 Å². The van der Waals surface area contributed by atoms with Crippen molar-refractivity contribution >= 4 is 44.0 Å². The second-order valence-corrected chi connectivity index (χ2v) is 5.81. The van der Waals surface area contributed by atoms with Crippen LogP contribution in [0.3, 0.4) is 0 Å². The molecule has 0 bridgehead atoms. The van der Waals surface area contributed by atoms with Gasteiger partial charge in [0.05, 0.1) is 5.69 Å². The van der Waals surface area contributed by atoms with E-state index in [1.54, 1.807) is 6.20 Å². The van der Waals surface area contributed by atoms with Crippen molar-refractivity contribution in [2.75, 3.05) is 0 Å². The normalized spacial score (nSPS) is 11.2. The number of pyridine rings is 1. The van der Waals surface area contributed by atoms with Crippen molar-refractivity contribution in [3.8, 4) is 5.75 Å². The average Bonchev–Trinajstić information content (AvgIpc) is 2.44. The molecule has 1 aromatic carbocycles. The fourth-order valence-corrected chi connectivity index (χ4v) is 3.08. The van der Waals surface area contributed by atoms with Crippen LogP contribution in [0.1, 0.15) is 22.4 Å². The molecule has 0 spiro atoms. The van der Waals surface area contributed by atoms with Crippen molar-refractivity contribution < 1.29 is 5.11 Å². The van der Waals surface area contributed by atoms with Crippen molar-refractivity contribution in [3.05, 3.63) is 55.7 Å². The number of aromatic nitrogens is 1. The molecule has 0 radical (unpaired) electrons. The molecular formula is C15H13Br2NO. The first-order valence-electron chi connectivity index (χ1n) is 5.78. The van der Waals surface area contributed by atoms with E-state index in [0.717, 1.165) is 31.3 Å². The molecular weight excluding hydrogens is 370 g/mol. The van der Waals surface area contributed by atoms with Gasteiger partial charge in [0.15, 0.2) is 0 Å². The minimum Gasteiger partial charge on any atom is -0.507 e. The molecule has 1 aromatic heterocycles. The van der Waals surface area contributed by atoms with Crippen molar-refractivity contribution in [1.82, 2.24) is 4.98 Å². The Morgan fingerprint density at radius 1 is 1.05 bits per heavy atom. The van der Waals surface area contributed by atoms with E-state index in [2.05, 4.69) is 36.8 Å². The van der Waals surface area contributed by atoms with Crippen LogP contribution in [0.15, 0.2) is 33.3 Å². The Morgan fingerprint density at radius 2 is 1.68 bits per heavy atom. The topological polar surface area (TPSA) is 33.1 Å². The van der Waals surface area contributed by atoms with Gasteiger partial charge in [-0.15, -0.1) is 0 Å². The van der Waals surface area contributed by atoms with Gasteiger partial charge in [-0.05, 0) is 63.9 Å². The zero-order chi connectivity index (χ0) is 14.0. The lowest BCUT2D eigenvalue weighted by molar-refractivity contribution is 0.466. The van der Waals surface area contributed by atoms with Crippen LogP contribution in [0.5, 0.6) is 5.75 Å². The molecule has 1 heterocycles. The molecule has 0 amide bonds. The average molecular weight is 383 g/mol. The van der Waals surface area contributed by atoms with Crippen LogP contribution < -0.4 is 0 Å². The van der Waals surface area contributed by atoms with E-state index in [4.69, 9.17) is 0 Å². The van der Waals surface area contributed by atoms with E-state index in [0.29, 0.717) is 5.75 Å². The maximum absolute atomic E-state index is 9.98. The lowest BCUT2D eigenvalue weighted by Crippen LogP contribution is -1.90. The summed E-state index contributed by atoms with van der Waals surface area (Å²) in [6.07, 6.45) is 5.69. The lowest BCUT2D eigenvalue weighted by Gasteiger charge is -2.12. The van der Waals surface area contributed by atoms with Gasteiger partial charge in [-0.3, -0.25) is 4.98 Å². The molecule has 2 rings (SSSR count). The van der Waals surface area contributed by atoms with E-state index in [1.807, 2.05) is 44.2 Å². The molecule has 0 saturated heterocycles. The number of aromatic hydroxyl groups is 1. The van der Waals surface area contributed by atoms with E-state index >= 15 is 0 Å². The minimum atomic E-state index is 0.314. The first-order valence-corrected chi connectivity index (χ1v) is 7.37. The van der Waals surface area contributed by atoms with Gasteiger partial charge < -0.3 is 5.11 Å². The molecule has 0 aliphatic heterocycles. The van der Waals surface area contributed by atoms with Gasteiger partial charge in [0.25, 0.3) is 0 Å². The Morgan fingerprint density at radius 3 is 2.21 bits per heavy atom. The smallest absolute Gasteiger partial charge is 0.123 e. The third kappa shape index (κ3) is 2.90. The summed E-state index contributed by atoms with van der Waals surface area (Å²) in [7, 11) is 0. The Kier molecular flexibility index (Phi) is 4.42. The van der Waals surface area contributed by atoms with Crippen LogP contribution >= 0.6 is 31.9 Å². The summed E-state index contributed by atoms with van der Waals surface area (Å²) in [4.78, 5) is 4.25. The van der Waals surface area contributed by atoms with Gasteiger partial charge >= 0.3 is 0 Å². The number of halogens is 2. The Hall–Kier alpha value is -1.13. The number of hydrogen-bond acceptors (Lipinski definition) is 2. The molecule has 0 saturated carbocycles. The van der Waals surface area contributed by atoms with Crippen LogP contribution in [-0.4, -0.2) is 10.1 Å². The standard InChI is InChI=1S/C15H13Br2NO/c1-9-13(16)12(14(17)10(2)15(9)19)7-6-11-5-3-4-8-18-11/h3-8,19H,1-2H3. The Balaban J connectivity index is 2.50. The highest BCUT2D eigenvalue weighted by atomic mass is 79.9. The first-order chi connectivity index (χ1) is 9.02. The summed E-state index contributed by atoms with van der Waals surface area (Å²) >= 11 is 7.06. The number of benzene rings is 1. The molecule has 1 N–H and O–H groups in total. The summed E-state index contributed by atoms with van der Waals surface area (Å²) in [6.45, 7) is 3.77. The SMILES string of the molecule is Cc1c(O)c(C)c(Br)c(C=Cc2ccccn2)c1Br. The monoisotopic (exact) mass is 381 g/mol. The van der Waals surface area contributed by atoms with Gasteiger partial charge in [-0.25, -0.2) is 0 Å². The Labute approximate surface area is 129 Å². The van der Waals surface area contributed by atoms with Crippen LogP contribution in [-0.2, 0) is 0 Å². The highest BCUT2D eigenvalue weighted by Crippen LogP contribution is 2.39. The quantitative estimate of drug-likeness (QED) is 0.783. The number of hydrogen-bond donors (Lipinski definition) is 1. The maximum Gasteiger partial charge on any atom is 0.123 e. The minimum absolute atomic E-state index is 0.314. The van der Waals surface area contributed by atoms with Crippen LogP contribution in [0, 0.1) is 13.8 Å². The van der Waals surface area contributed by atoms with Crippen molar-refractivity contribution in [2.24, 2.45) is 0 Å². The second kappa shape index (κ2) is 5.88. The number of nitrogens with zero attached hydrogens (tertiary/aromatic N) is 1. The summed E-state index contributed by atoms with van der Waals surface area (Å²) in [5.74, 6) is 0.314. The molecule has 2 nitrogen and oxygen atoms in total. The van der Waals surface area contributed by atoms with E-state index < -0.39 is 0 Å². The summed E-state index contributed by atoms with van der Waals surface area (Å²) < 4.78 is 1.77. The highest BCUT2D eigenvalue weighted by molar-refractivity contribution is 9.11. The summed E-state index contributed by atoms with van der Waals surface area (Å²) in [5.41, 5.74) is 3.56. The second-order valence-electron chi connectivity index (χ2n) is 4.23. The predicted molar refractivity (Wildman–Crippen MR) is 86.1 cm³/mol. The molecule has 0 aliphatic carbocycles. The molecule has 0 atom stereocenters. The van der Waals surface area contributed by atoms with Gasteiger partial charge in [0.1, 0.15) is 5.75 Å². The zero-order valence-corrected chi connectivity index (χ0v) is 13.8. The summed E-state index contributed by atoms with van der Waals surface area (Å²) in [6, 6.07) is 5.78. The fraction of sp³-hybridized carbons (Fsp3) is 0.133. The molecule has 0 fully saturated rings. The third-order valence-electron chi connectivity index (χ3n) is 2.95. The molecule has 98 valence electrons. The lowest BCUT2D eigenvalue weighted by atomic mass is 10.0. The Bertz CT molecular complexity index is 607. The first kappa shape index (κ1) is 14.3. The van der Waals surface area contributed by atoms with Crippen LogP contribution in [0.4, 0.5) is 0 Å². The van der Waals surface area contributed by atoms with E-state index in [-0.39, 0.29) is 0 Å². The van der Waals surface area contributed by atoms with Gasteiger partial charge in [0.2, 0.25) is 0 Å². The molecule has 0 aliphatic rings. The van der Waals surface area contributed by atoms with Crippen LogP contribution in [0.25, 0.3) is 12.2 Å². The molecule has 0 unspecified atom stereocenters. The maximum atomic E-state index is 9.98.